The number of nitrogens with one attached hydrogen (secondary N) is 1. The molecular weight excluding hydrogens is 278 g/mol. The Kier molecular flexibility index (Phi) is 4.53. The fraction of sp³-hybridized carbons (Fsp3) is 0.412. The van der Waals surface area contributed by atoms with Crippen LogP contribution in [-0.2, 0) is 17.6 Å². The van der Waals surface area contributed by atoms with Crippen molar-refractivity contribution in [3.8, 4) is 0 Å². The Bertz CT molecular complexity index is 607. The predicted molar refractivity (Wildman–Crippen MR) is 83.4 cm³/mol. The van der Waals surface area contributed by atoms with Crippen molar-refractivity contribution in [3.63, 3.8) is 0 Å². The third-order valence-corrected chi connectivity index (χ3v) is 4.16. The molecule has 0 saturated carbocycles. The maximum Gasteiger partial charge on any atom is 0.229 e. The van der Waals surface area contributed by atoms with Gasteiger partial charge >= 0.3 is 0 Å². The van der Waals surface area contributed by atoms with Crippen molar-refractivity contribution < 1.29 is 9.32 Å². The Morgan fingerprint density at radius 2 is 2.18 bits per heavy atom. The third kappa shape index (κ3) is 3.20. The van der Waals surface area contributed by atoms with Crippen LogP contribution >= 0.6 is 0 Å². The van der Waals surface area contributed by atoms with Crippen molar-refractivity contribution in [1.29, 1.82) is 0 Å². The first kappa shape index (κ1) is 14.8. The summed E-state index contributed by atoms with van der Waals surface area (Å²) in [5.74, 6) is 0.0972. The first-order valence-electron chi connectivity index (χ1n) is 7.76. The summed E-state index contributed by atoms with van der Waals surface area (Å²) in [4.78, 5) is 14.5. The molecule has 3 rings (SSSR count). The zero-order valence-corrected chi connectivity index (χ0v) is 12.8. The number of aromatic nitrogens is 1. The van der Waals surface area contributed by atoms with E-state index in [0.29, 0.717) is 12.1 Å². The monoisotopic (exact) mass is 299 g/mol. The number of hydrogen-bond donors (Lipinski definition) is 1. The molecule has 1 amide bonds. The highest BCUT2D eigenvalue weighted by Crippen LogP contribution is 2.23. The van der Waals surface area contributed by atoms with Crippen molar-refractivity contribution >= 4 is 5.91 Å². The maximum absolute atomic E-state index is 12.6. The fourth-order valence-electron chi connectivity index (χ4n) is 2.86. The van der Waals surface area contributed by atoms with Crippen LogP contribution in [0.3, 0.4) is 0 Å². The average molecular weight is 299 g/mol. The van der Waals surface area contributed by atoms with Gasteiger partial charge in [-0.1, -0.05) is 36.3 Å². The van der Waals surface area contributed by atoms with E-state index in [1.165, 1.54) is 17.4 Å². The lowest BCUT2D eigenvalue weighted by atomic mass is 10.0. The highest BCUT2D eigenvalue weighted by Gasteiger charge is 2.28. The van der Waals surface area contributed by atoms with Gasteiger partial charge in [-0.2, -0.15) is 0 Å². The number of rotatable bonds is 4. The molecule has 0 spiro atoms. The van der Waals surface area contributed by atoms with Crippen LogP contribution < -0.4 is 5.32 Å². The van der Waals surface area contributed by atoms with E-state index in [1.54, 1.807) is 6.07 Å². The Hall–Kier alpha value is -2.14. The Labute approximate surface area is 130 Å². The van der Waals surface area contributed by atoms with E-state index >= 15 is 0 Å². The molecule has 1 saturated heterocycles. The molecule has 2 heterocycles. The molecule has 1 aromatic carbocycles. The number of amides is 1. The van der Waals surface area contributed by atoms with Gasteiger partial charge in [-0.05, 0) is 17.5 Å². The number of carbonyl (C=O) groups is 1. The molecule has 0 bridgehead atoms. The van der Waals surface area contributed by atoms with Crippen molar-refractivity contribution in [3.05, 3.63) is 53.4 Å². The molecule has 1 atom stereocenters. The summed E-state index contributed by atoms with van der Waals surface area (Å²) in [6.45, 7) is 4.48. The van der Waals surface area contributed by atoms with Gasteiger partial charge in [-0.25, -0.2) is 0 Å². The summed E-state index contributed by atoms with van der Waals surface area (Å²) in [6, 6.07) is 10.4. The summed E-state index contributed by atoms with van der Waals surface area (Å²) < 4.78 is 4.81. The highest BCUT2D eigenvalue weighted by molar-refractivity contribution is 5.79. The number of hydrogen-bond acceptors (Lipinski definition) is 4. The van der Waals surface area contributed by atoms with Gasteiger partial charge in [0.15, 0.2) is 0 Å². The van der Waals surface area contributed by atoms with Crippen LogP contribution in [0.1, 0.15) is 29.8 Å². The third-order valence-electron chi connectivity index (χ3n) is 4.16. The number of piperazine rings is 1. The minimum absolute atomic E-state index is 0.0825. The lowest BCUT2D eigenvalue weighted by molar-refractivity contribution is -0.133. The van der Waals surface area contributed by atoms with E-state index in [9.17, 15) is 4.79 Å². The van der Waals surface area contributed by atoms with Crippen LogP contribution in [0, 0.1) is 0 Å². The molecule has 5 nitrogen and oxygen atoms in total. The van der Waals surface area contributed by atoms with Crippen LogP contribution in [-0.4, -0.2) is 35.6 Å². The van der Waals surface area contributed by atoms with Crippen molar-refractivity contribution in [2.45, 2.75) is 25.8 Å². The minimum atomic E-state index is 0.0825. The molecule has 1 N–H and O–H groups in total. The molecular formula is C17H21N3O2. The Morgan fingerprint density at radius 3 is 2.86 bits per heavy atom. The topological polar surface area (TPSA) is 58.4 Å². The molecule has 2 aromatic rings. The van der Waals surface area contributed by atoms with Crippen LogP contribution in [0.5, 0.6) is 0 Å². The van der Waals surface area contributed by atoms with Gasteiger partial charge in [0.05, 0.1) is 18.2 Å². The summed E-state index contributed by atoms with van der Waals surface area (Å²) >= 11 is 0. The van der Waals surface area contributed by atoms with Crippen LogP contribution in [0.4, 0.5) is 0 Å². The first-order chi connectivity index (χ1) is 10.8. The first-order valence-corrected chi connectivity index (χ1v) is 7.76. The lowest BCUT2D eigenvalue weighted by Gasteiger charge is -2.36. The maximum atomic E-state index is 12.6. The van der Waals surface area contributed by atoms with Gasteiger partial charge < -0.3 is 14.7 Å². The van der Waals surface area contributed by atoms with Gasteiger partial charge in [-0.3, -0.25) is 4.79 Å². The molecule has 0 aliphatic carbocycles. The van der Waals surface area contributed by atoms with Gasteiger partial charge in [0, 0.05) is 25.7 Å². The van der Waals surface area contributed by atoms with E-state index < -0.39 is 0 Å². The van der Waals surface area contributed by atoms with Crippen molar-refractivity contribution in [2.24, 2.45) is 0 Å². The summed E-state index contributed by atoms with van der Waals surface area (Å²) in [7, 11) is 0. The molecule has 1 unspecified atom stereocenters. The number of aryl methyl sites for hydroxylation is 1. The molecule has 1 aliphatic heterocycles. The molecule has 22 heavy (non-hydrogen) atoms. The standard InChI is InChI=1S/C17H21N3O2/c1-2-13-3-5-14(6-4-13)16-12-18-8-9-20(16)17(21)11-15-7-10-22-19-15/h3-7,10,16,18H,2,8-9,11-12H2,1H3. The number of carbonyl (C=O) groups excluding carboxylic acids is 1. The molecule has 116 valence electrons. The Balaban J connectivity index is 1.76. The fourth-order valence-corrected chi connectivity index (χ4v) is 2.86. The van der Waals surface area contributed by atoms with Crippen molar-refractivity contribution in [2.75, 3.05) is 19.6 Å². The van der Waals surface area contributed by atoms with Crippen LogP contribution in [0.15, 0.2) is 41.1 Å². The van der Waals surface area contributed by atoms with Crippen molar-refractivity contribution in [1.82, 2.24) is 15.4 Å². The molecule has 1 fully saturated rings. The molecule has 1 aromatic heterocycles. The zero-order chi connectivity index (χ0) is 15.4. The number of benzene rings is 1. The lowest BCUT2D eigenvalue weighted by Crippen LogP contribution is -2.49. The quantitative estimate of drug-likeness (QED) is 0.937. The summed E-state index contributed by atoms with van der Waals surface area (Å²) in [6.07, 6.45) is 2.82. The van der Waals surface area contributed by atoms with E-state index in [1.807, 2.05) is 4.90 Å². The summed E-state index contributed by atoms with van der Waals surface area (Å²) in [5.41, 5.74) is 3.18. The molecule has 0 radical (unpaired) electrons. The van der Waals surface area contributed by atoms with E-state index in [2.05, 4.69) is 41.7 Å². The SMILES string of the molecule is CCc1ccc(C2CNCCN2C(=O)Cc2ccon2)cc1. The number of nitrogens with zero attached hydrogens (tertiary/aromatic N) is 2. The van der Waals surface area contributed by atoms with Gasteiger partial charge in [0.2, 0.25) is 5.91 Å². The van der Waals surface area contributed by atoms with E-state index in [-0.39, 0.29) is 11.9 Å². The predicted octanol–water partition coefficient (Wildman–Crippen LogP) is 1.95. The average Bonchev–Trinajstić information content (AvgIpc) is 3.08. The smallest absolute Gasteiger partial charge is 0.229 e. The minimum Gasteiger partial charge on any atom is -0.364 e. The van der Waals surface area contributed by atoms with Gasteiger partial charge in [0.25, 0.3) is 0 Å². The largest absolute Gasteiger partial charge is 0.364 e. The van der Waals surface area contributed by atoms with Gasteiger partial charge in [-0.15, -0.1) is 0 Å². The van der Waals surface area contributed by atoms with E-state index in [0.717, 1.165) is 26.1 Å². The second-order valence-electron chi connectivity index (χ2n) is 5.57. The second-order valence-corrected chi connectivity index (χ2v) is 5.57. The zero-order valence-electron chi connectivity index (χ0n) is 12.8. The van der Waals surface area contributed by atoms with Crippen LogP contribution in [0.25, 0.3) is 0 Å². The molecule has 5 heteroatoms. The normalized spacial score (nSPS) is 18.4. The Morgan fingerprint density at radius 1 is 1.36 bits per heavy atom. The van der Waals surface area contributed by atoms with Crippen LogP contribution in [0.2, 0.25) is 0 Å². The van der Waals surface area contributed by atoms with Gasteiger partial charge in [0.1, 0.15) is 6.26 Å². The second kappa shape index (κ2) is 6.75. The van der Waals surface area contributed by atoms with E-state index in [4.69, 9.17) is 4.52 Å². The molecule has 1 aliphatic rings. The summed E-state index contributed by atoms with van der Waals surface area (Å²) in [5, 5.41) is 7.21. The highest BCUT2D eigenvalue weighted by atomic mass is 16.5.